The maximum Gasteiger partial charge on any atom is 0.242 e. The summed E-state index contributed by atoms with van der Waals surface area (Å²) in [4.78, 5) is 36.3. The number of rotatable bonds is 12. The first-order valence-electron chi connectivity index (χ1n) is 14.0. The van der Waals surface area contributed by atoms with E-state index in [1.54, 1.807) is 4.90 Å². The SMILES string of the molecule is C/C=C(/C)NCCCC(NC)C(=O)N1CCCC1C(=O)NCC.CC.CC.CC(C)CCC=O.CN. The molecule has 8 heteroatoms. The highest BCUT2D eigenvalue weighted by atomic mass is 16.2. The zero-order valence-corrected chi connectivity index (χ0v) is 25.5. The summed E-state index contributed by atoms with van der Waals surface area (Å²) in [6, 6.07) is -0.528. The van der Waals surface area contributed by atoms with E-state index in [0.717, 1.165) is 57.1 Å². The van der Waals surface area contributed by atoms with Gasteiger partial charge in [0.2, 0.25) is 11.8 Å². The number of carbonyl (C=O) groups excluding carboxylic acids is 3. The Hall–Kier alpha value is -1.93. The van der Waals surface area contributed by atoms with Crippen LogP contribution in [0.1, 0.15) is 101 Å². The molecule has 1 fully saturated rings. The lowest BCUT2D eigenvalue weighted by Gasteiger charge is -2.28. The minimum atomic E-state index is -0.304. The van der Waals surface area contributed by atoms with Gasteiger partial charge in [-0.1, -0.05) is 47.6 Å². The Morgan fingerprint density at radius 3 is 2.08 bits per heavy atom. The van der Waals surface area contributed by atoms with E-state index in [4.69, 9.17) is 0 Å². The number of hydrogen-bond donors (Lipinski definition) is 4. The average Bonchev–Trinajstić information content (AvgIpc) is 3.41. The molecule has 0 radical (unpaired) electrons. The van der Waals surface area contributed by atoms with Gasteiger partial charge < -0.3 is 31.4 Å². The molecule has 0 bridgehead atoms. The number of nitrogens with one attached hydrogen (secondary N) is 3. The summed E-state index contributed by atoms with van der Waals surface area (Å²) in [5.41, 5.74) is 5.65. The lowest BCUT2D eigenvalue weighted by atomic mass is 10.1. The predicted molar refractivity (Wildman–Crippen MR) is 156 cm³/mol. The first-order valence-corrected chi connectivity index (χ1v) is 14.0. The number of nitrogens with two attached hydrogens (primary N) is 1. The molecule has 5 N–H and O–H groups in total. The van der Waals surface area contributed by atoms with Crippen LogP contribution in [0.3, 0.4) is 0 Å². The molecule has 1 heterocycles. The van der Waals surface area contributed by atoms with Gasteiger partial charge in [0.05, 0.1) is 6.04 Å². The molecule has 0 aromatic heterocycles. The van der Waals surface area contributed by atoms with Crippen LogP contribution in [0.25, 0.3) is 0 Å². The van der Waals surface area contributed by atoms with Gasteiger partial charge in [0.1, 0.15) is 12.3 Å². The molecule has 2 unspecified atom stereocenters. The topological polar surface area (TPSA) is 117 Å². The Morgan fingerprint density at radius 2 is 1.67 bits per heavy atom. The minimum Gasteiger partial charge on any atom is -0.389 e. The Morgan fingerprint density at radius 1 is 1.08 bits per heavy atom. The molecule has 2 atom stereocenters. The van der Waals surface area contributed by atoms with Gasteiger partial charge in [-0.3, -0.25) is 9.59 Å². The molecule has 1 aliphatic rings. The summed E-state index contributed by atoms with van der Waals surface area (Å²) < 4.78 is 0. The van der Waals surface area contributed by atoms with Gasteiger partial charge in [0.25, 0.3) is 0 Å². The lowest BCUT2D eigenvalue weighted by molar-refractivity contribution is -0.140. The number of allylic oxidation sites excluding steroid dienone is 2. The fourth-order valence-corrected chi connectivity index (χ4v) is 3.28. The van der Waals surface area contributed by atoms with E-state index < -0.39 is 0 Å². The molecular formula is C28H61N5O3. The summed E-state index contributed by atoms with van der Waals surface area (Å²) in [6.07, 6.45) is 8.07. The normalized spacial score (nSPS) is 14.9. The number of nitrogens with zero attached hydrogens (tertiary/aromatic N) is 1. The van der Waals surface area contributed by atoms with Crippen LogP contribution >= 0.6 is 0 Å². The summed E-state index contributed by atoms with van der Waals surface area (Å²) in [5, 5.41) is 9.25. The zero-order valence-electron chi connectivity index (χ0n) is 25.5. The highest BCUT2D eigenvalue weighted by Gasteiger charge is 2.36. The van der Waals surface area contributed by atoms with Crippen molar-refractivity contribution in [3.05, 3.63) is 11.8 Å². The van der Waals surface area contributed by atoms with Crippen molar-refractivity contribution in [2.45, 2.75) is 113 Å². The van der Waals surface area contributed by atoms with Crippen molar-refractivity contribution in [3.63, 3.8) is 0 Å². The number of aldehydes is 1. The van der Waals surface area contributed by atoms with E-state index >= 15 is 0 Å². The lowest BCUT2D eigenvalue weighted by Crippen LogP contribution is -2.52. The van der Waals surface area contributed by atoms with Gasteiger partial charge in [-0.15, -0.1) is 0 Å². The maximum atomic E-state index is 12.7. The van der Waals surface area contributed by atoms with Crippen molar-refractivity contribution in [1.29, 1.82) is 0 Å². The average molecular weight is 516 g/mol. The molecule has 1 aliphatic heterocycles. The van der Waals surface area contributed by atoms with E-state index in [-0.39, 0.29) is 23.9 Å². The fraction of sp³-hybridized carbons (Fsp3) is 0.821. The highest BCUT2D eigenvalue weighted by molar-refractivity contribution is 5.90. The van der Waals surface area contributed by atoms with Crippen LogP contribution in [0.2, 0.25) is 0 Å². The first-order chi connectivity index (χ1) is 17.3. The molecule has 8 nitrogen and oxygen atoms in total. The standard InChI is InChI=1S/C17H32N4O2.C6H12O.2C2H6.CH5N/c1-5-13(3)20-11-7-9-14(18-4)17(23)21-12-8-10-15(21)16(22)19-6-2;1-6(2)4-3-5-7;3*1-2/h5,14-15,18,20H,6-12H2,1-4H3,(H,19,22);5-6H,3-4H2,1-2H3;2*1-2H3;2H2,1H3/b13-5-;;;;. The molecule has 2 amide bonds. The van der Waals surface area contributed by atoms with E-state index in [0.29, 0.717) is 19.0 Å². The zero-order chi connectivity index (χ0) is 28.9. The van der Waals surface area contributed by atoms with Crippen molar-refractivity contribution in [3.8, 4) is 0 Å². The maximum absolute atomic E-state index is 12.7. The van der Waals surface area contributed by atoms with Crippen molar-refractivity contribution >= 4 is 18.1 Å². The molecule has 0 aromatic carbocycles. The second-order valence-corrected chi connectivity index (χ2v) is 8.10. The number of likely N-dealkylation sites (tertiary alicyclic amines) is 1. The first kappa shape index (κ1) is 41.2. The number of carbonyl (C=O) groups is 3. The number of likely N-dealkylation sites (N-methyl/N-ethyl adjacent to an activating group) is 2. The minimum absolute atomic E-state index is 0.0291. The van der Waals surface area contributed by atoms with Gasteiger partial charge in [0.15, 0.2) is 0 Å². The van der Waals surface area contributed by atoms with Gasteiger partial charge in [-0.05, 0) is 72.9 Å². The Balaban J connectivity index is -0.000000330. The molecule has 0 aliphatic carbocycles. The van der Waals surface area contributed by atoms with Gasteiger partial charge in [-0.25, -0.2) is 0 Å². The summed E-state index contributed by atoms with van der Waals surface area (Å²) in [5.74, 6) is 0.688. The van der Waals surface area contributed by atoms with Crippen LogP contribution in [0.15, 0.2) is 11.8 Å². The van der Waals surface area contributed by atoms with Crippen LogP contribution in [0.5, 0.6) is 0 Å². The van der Waals surface area contributed by atoms with Gasteiger partial charge in [0, 0.05) is 31.8 Å². The van der Waals surface area contributed by atoms with Gasteiger partial charge in [-0.2, -0.15) is 0 Å². The Bertz CT molecular complexity index is 539. The van der Waals surface area contributed by atoms with E-state index in [2.05, 4.69) is 35.5 Å². The molecule has 216 valence electrons. The van der Waals surface area contributed by atoms with Crippen molar-refractivity contribution in [2.75, 3.05) is 33.7 Å². The van der Waals surface area contributed by atoms with Crippen LogP contribution in [-0.2, 0) is 14.4 Å². The Kier molecular flexibility index (Phi) is 35.6. The number of amides is 2. The van der Waals surface area contributed by atoms with Crippen LogP contribution in [0, 0.1) is 5.92 Å². The van der Waals surface area contributed by atoms with Crippen LogP contribution < -0.4 is 21.7 Å². The van der Waals surface area contributed by atoms with E-state index in [9.17, 15) is 14.4 Å². The molecule has 0 spiro atoms. The number of hydrogen-bond acceptors (Lipinski definition) is 6. The Labute approximate surface area is 223 Å². The summed E-state index contributed by atoms with van der Waals surface area (Å²) in [7, 11) is 3.31. The molecular weight excluding hydrogens is 454 g/mol. The molecule has 0 saturated carbocycles. The summed E-state index contributed by atoms with van der Waals surface area (Å²) in [6.45, 7) is 20.3. The van der Waals surface area contributed by atoms with E-state index in [1.165, 1.54) is 7.05 Å². The smallest absolute Gasteiger partial charge is 0.242 e. The van der Waals surface area contributed by atoms with Crippen molar-refractivity contribution < 1.29 is 14.4 Å². The van der Waals surface area contributed by atoms with Gasteiger partial charge >= 0.3 is 0 Å². The third-order valence-corrected chi connectivity index (χ3v) is 5.20. The second-order valence-electron chi connectivity index (χ2n) is 8.10. The van der Waals surface area contributed by atoms with Crippen molar-refractivity contribution in [2.24, 2.45) is 11.7 Å². The molecule has 1 saturated heterocycles. The predicted octanol–water partition coefficient (Wildman–Crippen LogP) is 4.24. The van der Waals surface area contributed by atoms with Crippen LogP contribution in [-0.4, -0.2) is 68.8 Å². The summed E-state index contributed by atoms with van der Waals surface area (Å²) >= 11 is 0. The largest absolute Gasteiger partial charge is 0.389 e. The molecule has 0 aromatic rings. The van der Waals surface area contributed by atoms with E-state index in [1.807, 2.05) is 61.6 Å². The fourth-order valence-electron chi connectivity index (χ4n) is 3.28. The quantitative estimate of drug-likeness (QED) is 0.228. The second kappa shape index (κ2) is 31.1. The third kappa shape index (κ3) is 21.4. The molecule has 36 heavy (non-hydrogen) atoms. The third-order valence-electron chi connectivity index (χ3n) is 5.20. The molecule has 1 rings (SSSR count). The monoisotopic (exact) mass is 515 g/mol. The highest BCUT2D eigenvalue weighted by Crippen LogP contribution is 2.19. The van der Waals surface area contributed by atoms with Crippen molar-refractivity contribution in [1.82, 2.24) is 20.9 Å². The van der Waals surface area contributed by atoms with Crippen LogP contribution in [0.4, 0.5) is 0 Å².